The zero-order valence-electron chi connectivity index (χ0n) is 10.7. The van der Waals surface area contributed by atoms with E-state index in [0.29, 0.717) is 0 Å². The molecule has 0 amide bonds. The van der Waals surface area contributed by atoms with Crippen molar-refractivity contribution in [2.24, 2.45) is 0 Å². The number of anilines is 1. The smallest absolute Gasteiger partial charge is 0.178 e. The fourth-order valence-corrected chi connectivity index (χ4v) is 2.11. The number of pyridine rings is 1. The number of nitrogens with two attached hydrogens (primary N) is 1. The maximum absolute atomic E-state index is 13.6. The SMILES string of the molecule is Nc1cccc(F)c1OCc1cccc2cccnc12. The largest absolute Gasteiger partial charge is 0.484 e. The van der Waals surface area contributed by atoms with Gasteiger partial charge in [-0.1, -0.05) is 30.3 Å². The van der Waals surface area contributed by atoms with Crippen LogP contribution in [0.5, 0.6) is 5.75 Å². The van der Waals surface area contributed by atoms with Crippen LogP contribution in [0, 0.1) is 5.82 Å². The molecule has 0 saturated heterocycles. The number of rotatable bonds is 3. The number of nitrogen functional groups attached to an aromatic ring is 1. The molecule has 0 spiro atoms. The van der Waals surface area contributed by atoms with E-state index < -0.39 is 5.82 Å². The summed E-state index contributed by atoms with van der Waals surface area (Å²) < 4.78 is 19.2. The van der Waals surface area contributed by atoms with Gasteiger partial charge in [0.25, 0.3) is 0 Å². The maximum Gasteiger partial charge on any atom is 0.178 e. The van der Waals surface area contributed by atoms with E-state index in [1.54, 1.807) is 18.3 Å². The molecule has 0 radical (unpaired) electrons. The van der Waals surface area contributed by atoms with Crippen LogP contribution in [0.4, 0.5) is 10.1 Å². The van der Waals surface area contributed by atoms with Crippen molar-refractivity contribution >= 4 is 16.6 Å². The van der Waals surface area contributed by atoms with Crippen molar-refractivity contribution in [2.75, 3.05) is 5.73 Å². The second-order valence-corrected chi connectivity index (χ2v) is 4.44. The average molecular weight is 268 g/mol. The van der Waals surface area contributed by atoms with Crippen LogP contribution in [0.3, 0.4) is 0 Å². The first-order valence-corrected chi connectivity index (χ1v) is 6.25. The Morgan fingerprint density at radius 3 is 2.70 bits per heavy atom. The first kappa shape index (κ1) is 12.4. The summed E-state index contributed by atoms with van der Waals surface area (Å²) >= 11 is 0. The lowest BCUT2D eigenvalue weighted by atomic mass is 10.1. The van der Waals surface area contributed by atoms with E-state index in [0.717, 1.165) is 16.5 Å². The summed E-state index contributed by atoms with van der Waals surface area (Å²) in [5.74, 6) is -0.376. The van der Waals surface area contributed by atoms with E-state index in [2.05, 4.69) is 4.98 Å². The third-order valence-corrected chi connectivity index (χ3v) is 3.09. The summed E-state index contributed by atoms with van der Waals surface area (Å²) in [5, 5.41) is 1.02. The standard InChI is InChI=1S/C16H13FN2O/c17-13-7-2-8-14(18)16(13)20-10-12-5-1-4-11-6-3-9-19-15(11)12/h1-9H,10,18H2. The second-order valence-electron chi connectivity index (χ2n) is 4.44. The Morgan fingerprint density at radius 2 is 1.85 bits per heavy atom. The van der Waals surface area contributed by atoms with Crippen molar-refractivity contribution in [1.29, 1.82) is 0 Å². The second kappa shape index (κ2) is 5.17. The van der Waals surface area contributed by atoms with E-state index >= 15 is 0 Å². The lowest BCUT2D eigenvalue weighted by molar-refractivity contribution is 0.293. The van der Waals surface area contributed by atoms with Gasteiger partial charge in [-0.15, -0.1) is 0 Å². The van der Waals surface area contributed by atoms with Crippen molar-refractivity contribution in [3.63, 3.8) is 0 Å². The maximum atomic E-state index is 13.6. The Morgan fingerprint density at radius 1 is 1.05 bits per heavy atom. The number of hydrogen-bond acceptors (Lipinski definition) is 3. The fourth-order valence-electron chi connectivity index (χ4n) is 2.11. The van der Waals surface area contributed by atoms with Gasteiger partial charge in [0.15, 0.2) is 11.6 Å². The Bertz CT molecular complexity index is 733. The quantitative estimate of drug-likeness (QED) is 0.739. The van der Waals surface area contributed by atoms with Gasteiger partial charge < -0.3 is 10.5 Å². The molecule has 0 saturated carbocycles. The molecular formula is C16H13FN2O. The van der Waals surface area contributed by atoms with Crippen LogP contribution in [0.2, 0.25) is 0 Å². The van der Waals surface area contributed by atoms with Crippen molar-refractivity contribution in [2.45, 2.75) is 6.61 Å². The summed E-state index contributed by atoms with van der Waals surface area (Å²) in [6.07, 6.45) is 1.73. The Balaban J connectivity index is 1.91. The van der Waals surface area contributed by atoms with Gasteiger partial charge in [0, 0.05) is 17.1 Å². The zero-order valence-corrected chi connectivity index (χ0v) is 10.7. The van der Waals surface area contributed by atoms with E-state index in [-0.39, 0.29) is 18.0 Å². The summed E-state index contributed by atoms with van der Waals surface area (Å²) in [6, 6.07) is 14.2. The predicted octanol–water partition coefficient (Wildman–Crippen LogP) is 3.54. The van der Waals surface area contributed by atoms with E-state index in [1.165, 1.54) is 6.07 Å². The van der Waals surface area contributed by atoms with E-state index in [1.807, 2.05) is 30.3 Å². The molecule has 0 unspecified atom stereocenters. The highest BCUT2D eigenvalue weighted by atomic mass is 19.1. The number of halogens is 1. The van der Waals surface area contributed by atoms with Gasteiger partial charge in [-0.2, -0.15) is 0 Å². The van der Waals surface area contributed by atoms with Crippen molar-refractivity contribution in [3.05, 3.63) is 66.1 Å². The Hall–Kier alpha value is -2.62. The minimum atomic E-state index is -0.460. The average Bonchev–Trinajstić information content (AvgIpc) is 2.47. The van der Waals surface area contributed by atoms with Gasteiger partial charge in [0.2, 0.25) is 0 Å². The number of benzene rings is 2. The van der Waals surface area contributed by atoms with E-state index in [4.69, 9.17) is 10.5 Å². The highest BCUT2D eigenvalue weighted by Gasteiger charge is 2.09. The number of aromatic nitrogens is 1. The van der Waals surface area contributed by atoms with Crippen molar-refractivity contribution in [1.82, 2.24) is 4.98 Å². The van der Waals surface area contributed by atoms with Crippen LogP contribution in [0.15, 0.2) is 54.7 Å². The van der Waals surface area contributed by atoms with Gasteiger partial charge >= 0.3 is 0 Å². The summed E-state index contributed by atoms with van der Waals surface area (Å²) in [6.45, 7) is 0.222. The van der Waals surface area contributed by atoms with Gasteiger partial charge in [-0.05, 0) is 18.2 Å². The van der Waals surface area contributed by atoms with Crippen LogP contribution in [-0.4, -0.2) is 4.98 Å². The van der Waals surface area contributed by atoms with Gasteiger partial charge in [-0.25, -0.2) is 4.39 Å². The molecule has 0 atom stereocenters. The molecular weight excluding hydrogens is 255 g/mol. The van der Waals surface area contributed by atoms with Crippen molar-refractivity contribution < 1.29 is 9.13 Å². The lowest BCUT2D eigenvalue weighted by Gasteiger charge is -2.11. The molecule has 20 heavy (non-hydrogen) atoms. The van der Waals surface area contributed by atoms with Gasteiger partial charge in [0.05, 0.1) is 11.2 Å². The summed E-state index contributed by atoms with van der Waals surface area (Å²) in [5.41, 5.74) is 7.75. The van der Waals surface area contributed by atoms with Crippen molar-refractivity contribution in [3.8, 4) is 5.75 Å². The van der Waals surface area contributed by atoms with Crippen LogP contribution in [-0.2, 0) is 6.61 Å². The molecule has 1 aromatic heterocycles. The minimum Gasteiger partial charge on any atom is -0.484 e. The summed E-state index contributed by atoms with van der Waals surface area (Å²) in [7, 11) is 0. The predicted molar refractivity (Wildman–Crippen MR) is 76.9 cm³/mol. The molecule has 1 heterocycles. The lowest BCUT2D eigenvalue weighted by Crippen LogP contribution is -2.02. The normalized spacial score (nSPS) is 10.7. The molecule has 3 nitrogen and oxygen atoms in total. The number of ether oxygens (including phenoxy) is 1. The van der Waals surface area contributed by atoms with E-state index in [9.17, 15) is 4.39 Å². The monoisotopic (exact) mass is 268 g/mol. The topological polar surface area (TPSA) is 48.1 Å². The molecule has 0 aliphatic heterocycles. The Labute approximate surface area is 115 Å². The number of hydrogen-bond donors (Lipinski definition) is 1. The summed E-state index contributed by atoms with van der Waals surface area (Å²) in [4.78, 5) is 4.33. The molecule has 100 valence electrons. The number of nitrogens with zero attached hydrogens (tertiary/aromatic N) is 1. The molecule has 2 aromatic carbocycles. The molecule has 0 bridgehead atoms. The van der Waals surface area contributed by atoms with Gasteiger partial charge in [-0.3, -0.25) is 4.98 Å². The minimum absolute atomic E-state index is 0.0837. The van der Waals surface area contributed by atoms with Crippen LogP contribution >= 0.6 is 0 Å². The zero-order chi connectivity index (χ0) is 13.9. The van der Waals surface area contributed by atoms with Crippen LogP contribution in [0.25, 0.3) is 10.9 Å². The molecule has 0 aliphatic carbocycles. The first-order valence-electron chi connectivity index (χ1n) is 6.25. The van der Waals surface area contributed by atoms with Gasteiger partial charge in [0.1, 0.15) is 6.61 Å². The molecule has 0 aliphatic rings. The molecule has 3 rings (SSSR count). The number of fused-ring (bicyclic) bond motifs is 1. The molecule has 0 fully saturated rings. The molecule has 2 N–H and O–H groups in total. The number of para-hydroxylation sites is 2. The fraction of sp³-hybridized carbons (Fsp3) is 0.0625. The van der Waals surface area contributed by atoms with Crippen LogP contribution < -0.4 is 10.5 Å². The molecule has 3 aromatic rings. The third-order valence-electron chi connectivity index (χ3n) is 3.09. The Kier molecular flexibility index (Phi) is 3.21. The van der Waals surface area contributed by atoms with Crippen LogP contribution in [0.1, 0.15) is 5.56 Å². The highest BCUT2D eigenvalue weighted by Crippen LogP contribution is 2.26. The first-order chi connectivity index (χ1) is 9.75. The molecule has 4 heteroatoms. The highest BCUT2D eigenvalue weighted by molar-refractivity contribution is 5.81. The third kappa shape index (κ3) is 2.28.